The summed E-state index contributed by atoms with van der Waals surface area (Å²) >= 11 is 1.93. The molecule has 2 aliphatic rings. The molecule has 20 heavy (non-hydrogen) atoms. The second-order valence-corrected chi connectivity index (χ2v) is 6.35. The van der Waals surface area contributed by atoms with Crippen molar-refractivity contribution in [2.75, 3.05) is 31.2 Å². The number of hydrogen-bond acceptors (Lipinski definition) is 4. The average Bonchev–Trinajstić information content (AvgIpc) is 2.70. The summed E-state index contributed by atoms with van der Waals surface area (Å²) in [7, 11) is 0. The number of rotatable bonds is 2. The van der Waals surface area contributed by atoms with Gasteiger partial charge in [0.2, 0.25) is 5.91 Å². The maximum atomic E-state index is 12.5. The number of nitrogens with zero attached hydrogens (tertiary/aromatic N) is 1. The van der Waals surface area contributed by atoms with Crippen LogP contribution in [0.4, 0.5) is 0 Å². The van der Waals surface area contributed by atoms with Gasteiger partial charge in [-0.05, 0) is 6.07 Å². The highest BCUT2D eigenvalue weighted by molar-refractivity contribution is 7.99. The molecular formula is C15H20N2O2S. The van der Waals surface area contributed by atoms with E-state index in [1.165, 1.54) is 0 Å². The maximum absolute atomic E-state index is 12.5. The third-order valence-corrected chi connectivity index (χ3v) is 4.86. The molecular weight excluding hydrogens is 272 g/mol. The Kier molecular flexibility index (Phi) is 4.47. The number of carbonyl (C=O) groups is 1. The van der Waals surface area contributed by atoms with Crippen LogP contribution in [0.3, 0.4) is 0 Å². The van der Waals surface area contributed by atoms with Gasteiger partial charge in [0, 0.05) is 42.6 Å². The van der Waals surface area contributed by atoms with Gasteiger partial charge in [0.15, 0.2) is 0 Å². The van der Waals surface area contributed by atoms with E-state index in [0.29, 0.717) is 32.2 Å². The molecule has 1 fully saturated rings. The number of carbonyl (C=O) groups excluding carboxylic acids is 1. The Morgan fingerprint density at radius 1 is 1.45 bits per heavy atom. The first-order valence-electron chi connectivity index (χ1n) is 7.12. The van der Waals surface area contributed by atoms with Crippen molar-refractivity contribution in [2.24, 2.45) is 0 Å². The van der Waals surface area contributed by atoms with Crippen LogP contribution >= 0.6 is 11.8 Å². The first-order chi connectivity index (χ1) is 9.83. The van der Waals surface area contributed by atoms with Crippen LogP contribution in [0.15, 0.2) is 24.3 Å². The van der Waals surface area contributed by atoms with Crippen molar-refractivity contribution < 1.29 is 9.53 Å². The third-order valence-electron chi connectivity index (χ3n) is 3.72. The van der Waals surface area contributed by atoms with Crippen LogP contribution in [0.1, 0.15) is 12.0 Å². The molecule has 1 saturated heterocycles. The summed E-state index contributed by atoms with van der Waals surface area (Å²) in [4.78, 5) is 14.4. The second-order valence-electron chi connectivity index (χ2n) is 5.20. The standard InChI is InChI=1S/C15H20N2O2S/c18-15(9-13-11-20-8-5-16-13)17-6-7-19-14-4-2-1-3-12(14)10-17/h1-4,13,16H,5-11H2. The lowest BCUT2D eigenvalue weighted by Gasteiger charge is -2.26. The second kappa shape index (κ2) is 6.50. The quantitative estimate of drug-likeness (QED) is 0.897. The summed E-state index contributed by atoms with van der Waals surface area (Å²) in [6, 6.07) is 8.30. The summed E-state index contributed by atoms with van der Waals surface area (Å²) in [5.41, 5.74) is 1.10. The van der Waals surface area contributed by atoms with Gasteiger partial charge >= 0.3 is 0 Å². The monoisotopic (exact) mass is 292 g/mol. The van der Waals surface area contributed by atoms with Crippen molar-refractivity contribution >= 4 is 17.7 Å². The van der Waals surface area contributed by atoms with Gasteiger partial charge in [0.25, 0.3) is 0 Å². The molecule has 1 aromatic carbocycles. The summed E-state index contributed by atoms with van der Waals surface area (Å²) in [6.07, 6.45) is 0.592. The fraction of sp³-hybridized carbons (Fsp3) is 0.533. The van der Waals surface area contributed by atoms with E-state index in [0.717, 1.165) is 29.4 Å². The highest BCUT2D eigenvalue weighted by Crippen LogP contribution is 2.23. The van der Waals surface area contributed by atoms with Gasteiger partial charge in [0.1, 0.15) is 12.4 Å². The smallest absolute Gasteiger partial charge is 0.224 e. The number of amides is 1. The number of hydrogen-bond donors (Lipinski definition) is 1. The van der Waals surface area contributed by atoms with E-state index < -0.39 is 0 Å². The van der Waals surface area contributed by atoms with E-state index in [1.807, 2.05) is 40.9 Å². The summed E-state index contributed by atoms with van der Waals surface area (Å²) in [5, 5.41) is 3.42. The zero-order valence-corrected chi connectivity index (χ0v) is 12.3. The minimum Gasteiger partial charge on any atom is -0.491 e. The van der Waals surface area contributed by atoms with Crippen LogP contribution in [0.5, 0.6) is 5.75 Å². The van der Waals surface area contributed by atoms with Crippen molar-refractivity contribution in [3.05, 3.63) is 29.8 Å². The van der Waals surface area contributed by atoms with Gasteiger partial charge in [-0.3, -0.25) is 4.79 Å². The molecule has 1 amide bonds. The Bertz CT molecular complexity index is 475. The van der Waals surface area contributed by atoms with Crippen LogP contribution in [-0.2, 0) is 11.3 Å². The Morgan fingerprint density at radius 3 is 3.20 bits per heavy atom. The number of benzene rings is 1. The Balaban J connectivity index is 1.63. The first-order valence-corrected chi connectivity index (χ1v) is 8.28. The highest BCUT2D eigenvalue weighted by atomic mass is 32.2. The molecule has 2 aliphatic heterocycles. The van der Waals surface area contributed by atoms with Gasteiger partial charge in [-0.25, -0.2) is 0 Å². The van der Waals surface area contributed by atoms with Crippen LogP contribution < -0.4 is 10.1 Å². The molecule has 0 aliphatic carbocycles. The lowest BCUT2D eigenvalue weighted by atomic mass is 10.1. The number of fused-ring (bicyclic) bond motifs is 1. The molecule has 0 spiro atoms. The molecule has 108 valence electrons. The third kappa shape index (κ3) is 3.27. The topological polar surface area (TPSA) is 41.6 Å². The van der Waals surface area contributed by atoms with E-state index in [2.05, 4.69) is 5.32 Å². The molecule has 0 aromatic heterocycles. The van der Waals surface area contributed by atoms with Crippen LogP contribution in [0, 0.1) is 0 Å². The minimum absolute atomic E-state index is 0.227. The zero-order chi connectivity index (χ0) is 13.8. The minimum atomic E-state index is 0.227. The SMILES string of the molecule is O=C(CC1CSCCN1)N1CCOc2ccccc2C1. The van der Waals surface area contributed by atoms with Crippen LogP contribution in [0.2, 0.25) is 0 Å². The molecule has 4 nitrogen and oxygen atoms in total. The van der Waals surface area contributed by atoms with Crippen molar-refractivity contribution in [2.45, 2.75) is 19.0 Å². The molecule has 3 rings (SSSR count). The van der Waals surface area contributed by atoms with E-state index in [1.54, 1.807) is 0 Å². The predicted molar refractivity (Wildman–Crippen MR) is 81.1 cm³/mol. The first kappa shape index (κ1) is 13.8. The van der Waals surface area contributed by atoms with Crippen LogP contribution in [-0.4, -0.2) is 48.1 Å². The summed E-state index contributed by atoms with van der Waals surface area (Å²) < 4.78 is 5.71. The van der Waals surface area contributed by atoms with Gasteiger partial charge in [-0.1, -0.05) is 18.2 Å². The largest absolute Gasteiger partial charge is 0.491 e. The number of para-hydroxylation sites is 1. The predicted octanol–water partition coefficient (Wildman–Crippen LogP) is 1.50. The number of thioether (sulfide) groups is 1. The van der Waals surface area contributed by atoms with E-state index >= 15 is 0 Å². The summed E-state index contributed by atoms with van der Waals surface area (Å²) in [6.45, 7) is 2.92. The maximum Gasteiger partial charge on any atom is 0.224 e. The number of ether oxygens (including phenoxy) is 1. The molecule has 1 N–H and O–H groups in total. The lowest BCUT2D eigenvalue weighted by Crippen LogP contribution is -2.43. The highest BCUT2D eigenvalue weighted by Gasteiger charge is 2.23. The molecule has 2 heterocycles. The molecule has 0 saturated carbocycles. The van der Waals surface area contributed by atoms with Gasteiger partial charge in [0.05, 0.1) is 6.54 Å². The van der Waals surface area contributed by atoms with Crippen LogP contribution in [0.25, 0.3) is 0 Å². The lowest BCUT2D eigenvalue weighted by molar-refractivity contribution is -0.132. The average molecular weight is 292 g/mol. The van der Waals surface area contributed by atoms with E-state index in [-0.39, 0.29) is 5.91 Å². The molecule has 1 unspecified atom stereocenters. The van der Waals surface area contributed by atoms with Crippen molar-refractivity contribution in [3.63, 3.8) is 0 Å². The van der Waals surface area contributed by atoms with Crippen molar-refractivity contribution in [1.82, 2.24) is 10.2 Å². The Labute approximate surface area is 123 Å². The fourth-order valence-corrected chi connectivity index (χ4v) is 3.58. The van der Waals surface area contributed by atoms with Crippen molar-refractivity contribution in [3.8, 4) is 5.75 Å². The Morgan fingerprint density at radius 2 is 2.35 bits per heavy atom. The van der Waals surface area contributed by atoms with Crippen molar-refractivity contribution in [1.29, 1.82) is 0 Å². The zero-order valence-electron chi connectivity index (χ0n) is 11.5. The van der Waals surface area contributed by atoms with Gasteiger partial charge in [-0.2, -0.15) is 11.8 Å². The molecule has 1 aromatic rings. The fourth-order valence-electron chi connectivity index (χ4n) is 2.63. The van der Waals surface area contributed by atoms with E-state index in [4.69, 9.17) is 4.74 Å². The van der Waals surface area contributed by atoms with Gasteiger partial charge in [-0.15, -0.1) is 0 Å². The normalized spacial score (nSPS) is 22.6. The molecule has 1 atom stereocenters. The Hall–Kier alpha value is -1.20. The number of nitrogens with one attached hydrogen (secondary N) is 1. The van der Waals surface area contributed by atoms with Gasteiger partial charge < -0.3 is 15.0 Å². The van der Waals surface area contributed by atoms with E-state index in [9.17, 15) is 4.79 Å². The summed E-state index contributed by atoms with van der Waals surface area (Å²) in [5.74, 6) is 3.32. The molecule has 0 radical (unpaired) electrons. The molecule has 5 heteroatoms. The molecule has 0 bridgehead atoms.